The maximum Gasteiger partial charge on any atom is 0.270 e. The van der Waals surface area contributed by atoms with Crippen LogP contribution < -0.4 is 5.32 Å². The largest absolute Gasteiger partial charge is 0.393 e. The van der Waals surface area contributed by atoms with E-state index in [9.17, 15) is 15.2 Å². The summed E-state index contributed by atoms with van der Waals surface area (Å²) in [6.07, 6.45) is 3.81. The van der Waals surface area contributed by atoms with Crippen LogP contribution in [0.5, 0.6) is 0 Å². The van der Waals surface area contributed by atoms with E-state index in [2.05, 4.69) is 21.2 Å². The number of benzene rings is 1. The van der Waals surface area contributed by atoms with Gasteiger partial charge in [0, 0.05) is 23.2 Å². The Hall–Kier alpha value is -0.980. The van der Waals surface area contributed by atoms with E-state index in [0.717, 1.165) is 42.3 Å². The summed E-state index contributed by atoms with van der Waals surface area (Å²) in [5, 5.41) is 23.5. The summed E-state index contributed by atoms with van der Waals surface area (Å²) < 4.78 is 0.762. The number of hydrogen-bond donors (Lipinski definition) is 2. The van der Waals surface area contributed by atoms with Gasteiger partial charge in [-0.25, -0.2) is 0 Å². The van der Waals surface area contributed by atoms with Gasteiger partial charge in [0.25, 0.3) is 5.69 Å². The third-order valence-electron chi connectivity index (χ3n) is 3.81. The van der Waals surface area contributed by atoms with E-state index in [-0.39, 0.29) is 11.8 Å². The Kier molecular flexibility index (Phi) is 5.51. The standard InChI is InChI=1S/C14H19BrN2O3/c15-14-7-12(17(19)20)4-3-11(14)9-16-8-10-1-5-13(18)6-2-10/h3-4,7,10,13,16,18H,1-2,5-6,8-9H2. The normalized spacial score (nSPS) is 22.7. The quantitative estimate of drug-likeness (QED) is 0.637. The van der Waals surface area contributed by atoms with Crippen LogP contribution >= 0.6 is 15.9 Å². The van der Waals surface area contributed by atoms with Gasteiger partial charge in [-0.2, -0.15) is 0 Å². The number of nitrogens with one attached hydrogen (secondary N) is 1. The fraction of sp³-hybridized carbons (Fsp3) is 0.571. The van der Waals surface area contributed by atoms with E-state index in [4.69, 9.17) is 0 Å². The van der Waals surface area contributed by atoms with Crippen LogP contribution in [0.4, 0.5) is 5.69 Å². The number of rotatable bonds is 5. The van der Waals surface area contributed by atoms with Crippen molar-refractivity contribution in [2.45, 2.75) is 38.3 Å². The molecule has 1 fully saturated rings. The maximum atomic E-state index is 10.7. The fourth-order valence-corrected chi connectivity index (χ4v) is 3.06. The summed E-state index contributed by atoms with van der Waals surface area (Å²) in [5.74, 6) is 0.621. The first kappa shape index (κ1) is 15.4. The predicted molar refractivity (Wildman–Crippen MR) is 80.5 cm³/mol. The van der Waals surface area contributed by atoms with Crippen LogP contribution in [0.25, 0.3) is 0 Å². The lowest BCUT2D eigenvalue weighted by Crippen LogP contribution is -2.27. The first-order valence-corrected chi connectivity index (χ1v) is 7.67. The monoisotopic (exact) mass is 342 g/mol. The van der Waals surface area contributed by atoms with E-state index >= 15 is 0 Å². The summed E-state index contributed by atoms with van der Waals surface area (Å²) in [4.78, 5) is 10.3. The van der Waals surface area contributed by atoms with Gasteiger partial charge in [-0.05, 0) is 49.8 Å². The van der Waals surface area contributed by atoms with Gasteiger partial charge in [0.15, 0.2) is 0 Å². The summed E-state index contributed by atoms with van der Waals surface area (Å²) in [6, 6.07) is 4.84. The molecule has 0 bridgehead atoms. The molecule has 0 unspecified atom stereocenters. The van der Waals surface area contributed by atoms with Crippen LogP contribution in [0.1, 0.15) is 31.2 Å². The molecule has 2 rings (SSSR count). The third kappa shape index (κ3) is 4.26. The molecule has 1 aliphatic carbocycles. The second-order valence-electron chi connectivity index (χ2n) is 5.34. The molecular weight excluding hydrogens is 324 g/mol. The average Bonchev–Trinajstić information content (AvgIpc) is 2.42. The fourth-order valence-electron chi connectivity index (χ4n) is 2.55. The zero-order chi connectivity index (χ0) is 14.5. The maximum absolute atomic E-state index is 10.7. The van der Waals surface area contributed by atoms with Crippen molar-refractivity contribution >= 4 is 21.6 Å². The molecule has 6 heteroatoms. The number of halogens is 1. The lowest BCUT2D eigenvalue weighted by molar-refractivity contribution is -0.384. The van der Waals surface area contributed by atoms with Gasteiger partial charge in [0.05, 0.1) is 11.0 Å². The highest BCUT2D eigenvalue weighted by Gasteiger charge is 2.18. The van der Waals surface area contributed by atoms with Crippen molar-refractivity contribution in [1.29, 1.82) is 0 Å². The van der Waals surface area contributed by atoms with Crippen molar-refractivity contribution in [3.63, 3.8) is 0 Å². The number of nitro groups is 1. The van der Waals surface area contributed by atoms with Crippen molar-refractivity contribution in [2.75, 3.05) is 6.54 Å². The van der Waals surface area contributed by atoms with Crippen LogP contribution in [0.15, 0.2) is 22.7 Å². The highest BCUT2D eigenvalue weighted by Crippen LogP contribution is 2.25. The number of aliphatic hydroxyl groups excluding tert-OH is 1. The Bertz CT molecular complexity index is 473. The Morgan fingerprint density at radius 3 is 2.65 bits per heavy atom. The molecule has 1 saturated carbocycles. The van der Waals surface area contributed by atoms with Crippen molar-refractivity contribution in [1.82, 2.24) is 5.32 Å². The third-order valence-corrected chi connectivity index (χ3v) is 4.55. The molecule has 0 amide bonds. The van der Waals surface area contributed by atoms with Crippen LogP contribution in [-0.2, 0) is 6.54 Å². The van der Waals surface area contributed by atoms with Crippen LogP contribution in [-0.4, -0.2) is 22.7 Å². The molecule has 0 heterocycles. The molecule has 0 atom stereocenters. The van der Waals surface area contributed by atoms with Crippen molar-refractivity contribution in [3.05, 3.63) is 38.3 Å². The van der Waals surface area contributed by atoms with E-state index in [0.29, 0.717) is 12.5 Å². The Balaban J connectivity index is 1.81. The van der Waals surface area contributed by atoms with Crippen LogP contribution in [0, 0.1) is 16.0 Å². The van der Waals surface area contributed by atoms with Gasteiger partial charge in [-0.15, -0.1) is 0 Å². The molecule has 0 aliphatic heterocycles. The highest BCUT2D eigenvalue weighted by molar-refractivity contribution is 9.10. The van der Waals surface area contributed by atoms with Gasteiger partial charge in [-0.1, -0.05) is 15.9 Å². The van der Waals surface area contributed by atoms with E-state index in [1.165, 1.54) is 12.1 Å². The summed E-state index contributed by atoms with van der Waals surface area (Å²) in [7, 11) is 0. The molecular formula is C14H19BrN2O3. The minimum atomic E-state index is -0.394. The first-order valence-electron chi connectivity index (χ1n) is 6.88. The SMILES string of the molecule is O=[N+]([O-])c1ccc(CNCC2CCC(O)CC2)c(Br)c1. The van der Waals surface area contributed by atoms with Gasteiger partial charge >= 0.3 is 0 Å². The molecule has 5 nitrogen and oxygen atoms in total. The molecule has 20 heavy (non-hydrogen) atoms. The minimum Gasteiger partial charge on any atom is -0.393 e. The molecule has 1 aliphatic rings. The van der Waals surface area contributed by atoms with Crippen molar-refractivity contribution in [2.24, 2.45) is 5.92 Å². The molecule has 2 N–H and O–H groups in total. The summed E-state index contributed by atoms with van der Waals surface area (Å²) in [6.45, 7) is 1.62. The van der Waals surface area contributed by atoms with Gasteiger partial charge in [0.2, 0.25) is 0 Å². The zero-order valence-electron chi connectivity index (χ0n) is 11.2. The second kappa shape index (κ2) is 7.15. The van der Waals surface area contributed by atoms with Crippen LogP contribution in [0.3, 0.4) is 0 Å². The number of aliphatic hydroxyl groups is 1. The predicted octanol–water partition coefficient (Wildman–Crippen LogP) is 3.00. The number of hydrogen-bond acceptors (Lipinski definition) is 4. The first-order chi connectivity index (χ1) is 9.56. The minimum absolute atomic E-state index is 0.0990. The van der Waals surface area contributed by atoms with E-state index < -0.39 is 4.92 Å². The molecule has 0 saturated heterocycles. The zero-order valence-corrected chi connectivity index (χ0v) is 12.8. The number of nitro benzene ring substituents is 1. The number of nitrogens with zero attached hydrogens (tertiary/aromatic N) is 1. The topological polar surface area (TPSA) is 75.4 Å². The van der Waals surface area contributed by atoms with Crippen LogP contribution in [0.2, 0.25) is 0 Å². The molecule has 110 valence electrons. The Morgan fingerprint density at radius 2 is 2.05 bits per heavy atom. The summed E-state index contributed by atoms with van der Waals surface area (Å²) in [5.41, 5.74) is 1.12. The van der Waals surface area contributed by atoms with E-state index in [1.807, 2.05) is 0 Å². The molecule has 1 aromatic rings. The highest BCUT2D eigenvalue weighted by atomic mass is 79.9. The molecule has 0 spiro atoms. The lowest BCUT2D eigenvalue weighted by Gasteiger charge is -2.25. The molecule has 0 radical (unpaired) electrons. The van der Waals surface area contributed by atoms with Crippen molar-refractivity contribution in [3.8, 4) is 0 Å². The van der Waals surface area contributed by atoms with Gasteiger partial charge in [-0.3, -0.25) is 10.1 Å². The smallest absolute Gasteiger partial charge is 0.270 e. The summed E-state index contributed by atoms with van der Waals surface area (Å²) >= 11 is 3.37. The van der Waals surface area contributed by atoms with Crippen molar-refractivity contribution < 1.29 is 10.0 Å². The second-order valence-corrected chi connectivity index (χ2v) is 6.19. The molecule has 0 aromatic heterocycles. The molecule has 1 aromatic carbocycles. The Morgan fingerprint density at radius 1 is 1.35 bits per heavy atom. The van der Waals surface area contributed by atoms with Gasteiger partial charge < -0.3 is 10.4 Å². The lowest BCUT2D eigenvalue weighted by atomic mass is 9.87. The van der Waals surface area contributed by atoms with Gasteiger partial charge in [0.1, 0.15) is 0 Å². The van der Waals surface area contributed by atoms with E-state index in [1.54, 1.807) is 6.07 Å². The number of non-ortho nitro benzene ring substituents is 1. The average molecular weight is 343 g/mol. The Labute approximate surface area is 126 Å².